The molecule has 3 rings (SSSR count). The van der Waals surface area contributed by atoms with Gasteiger partial charge in [0.05, 0.1) is 0 Å². The van der Waals surface area contributed by atoms with Crippen LogP contribution in [0.4, 0.5) is 65.9 Å². The van der Waals surface area contributed by atoms with E-state index in [1.807, 2.05) is 6.92 Å². The first kappa shape index (κ1) is 38.3. The number of halogens is 15. The van der Waals surface area contributed by atoms with Gasteiger partial charge in [0, 0.05) is 0 Å². The van der Waals surface area contributed by atoms with Crippen molar-refractivity contribution in [3.8, 4) is 0 Å². The number of hydrogen-bond donors (Lipinski definition) is 0. The summed E-state index contributed by atoms with van der Waals surface area (Å²) < 4.78 is 217. The van der Waals surface area contributed by atoms with Crippen molar-refractivity contribution in [1.29, 1.82) is 0 Å². The van der Waals surface area contributed by atoms with Crippen LogP contribution in [0.5, 0.6) is 0 Å². The quantitative estimate of drug-likeness (QED) is 0.0975. The molecule has 0 aromatic heterocycles. The summed E-state index contributed by atoms with van der Waals surface area (Å²) in [6.07, 6.45) is 1.97. The summed E-state index contributed by atoms with van der Waals surface area (Å²) in [7, 11) is 0. The minimum atomic E-state index is -7.68. The molecule has 0 spiro atoms. The average Bonchev–Trinajstić information content (AvgIpc) is 2.98. The Kier molecular flexibility index (Phi) is 13.2. The fourth-order valence-corrected chi connectivity index (χ4v) is 9.55. The standard InChI is InChI=1S/C8H17O.3C6F5.Al.Na/c1-2-3-4-5-6-7-8-9;3*7-2-1-3(8)5(10)6(11)4(2)9;;/h2-8H2,1H3;;;;;/q-1;;;;;+1. The fourth-order valence-electron chi connectivity index (χ4n) is 4.76. The van der Waals surface area contributed by atoms with Crippen LogP contribution in [-0.2, 0) is 3.79 Å². The molecular formula is C26H17AlF15NaO. The maximum atomic E-state index is 15.3. The van der Waals surface area contributed by atoms with Crippen molar-refractivity contribution in [3.05, 3.63) is 87.3 Å². The minimum Gasteiger partial charge on any atom is -0.648 e. The molecule has 0 aliphatic carbocycles. The molecule has 0 fully saturated rings. The first-order valence-corrected chi connectivity index (χ1v) is 14.6. The number of rotatable bonds is 11. The van der Waals surface area contributed by atoms with Crippen LogP contribution in [0, 0.1) is 87.3 Å². The number of unbranched alkanes of at least 4 members (excludes halogenated alkanes) is 5. The van der Waals surface area contributed by atoms with Gasteiger partial charge >= 0.3 is 43.0 Å². The topological polar surface area (TPSA) is 9.23 Å². The Morgan fingerprint density at radius 1 is 0.364 bits per heavy atom. The molecule has 0 aliphatic heterocycles. The molecule has 18 heteroatoms. The summed E-state index contributed by atoms with van der Waals surface area (Å²) in [5.41, 5.74) is 0. The van der Waals surface area contributed by atoms with Crippen molar-refractivity contribution >= 4 is 26.7 Å². The molecule has 0 heterocycles. The van der Waals surface area contributed by atoms with E-state index in [-0.39, 0.29) is 36.0 Å². The van der Waals surface area contributed by atoms with Gasteiger partial charge < -0.3 is 3.79 Å². The molecule has 0 atom stereocenters. The van der Waals surface area contributed by atoms with Crippen LogP contribution in [-0.4, -0.2) is 20.0 Å². The molecule has 44 heavy (non-hydrogen) atoms. The van der Waals surface area contributed by atoms with Crippen molar-refractivity contribution in [2.45, 2.75) is 45.4 Å². The van der Waals surface area contributed by atoms with Crippen LogP contribution in [0.25, 0.3) is 0 Å². The molecular weight excluding hydrogens is 663 g/mol. The largest absolute Gasteiger partial charge is 1.00 e. The molecule has 1 nitrogen and oxygen atoms in total. The van der Waals surface area contributed by atoms with Gasteiger partial charge in [-0.05, 0) is 13.0 Å². The Balaban J connectivity index is 0.00000675. The van der Waals surface area contributed by atoms with Gasteiger partial charge in [-0.25, -0.2) is 65.9 Å². The Bertz CT molecular complexity index is 1310. The number of benzene rings is 3. The fraction of sp³-hybridized carbons (Fsp3) is 0.308. The Morgan fingerprint density at radius 3 is 0.864 bits per heavy atom. The van der Waals surface area contributed by atoms with Gasteiger partial charge in [-0.2, -0.15) is 0 Å². The smallest absolute Gasteiger partial charge is 0.648 e. The van der Waals surface area contributed by atoms with Crippen molar-refractivity contribution in [2.24, 2.45) is 0 Å². The SMILES string of the molecule is CCCCCCCC[O][Al-]([c]1c(F)c(F)c(F)c(F)c1F)([c]1c(F)c(F)c(F)c(F)c1F)[c]1c(F)c(F)c(F)c(F)c1F.[Na+]. The van der Waals surface area contributed by atoms with E-state index >= 15 is 26.3 Å². The second-order valence-corrected chi connectivity index (χ2v) is 13.0. The molecule has 0 N–H and O–H groups in total. The Morgan fingerprint density at radius 2 is 0.591 bits per heavy atom. The molecule has 0 bridgehead atoms. The predicted molar refractivity (Wildman–Crippen MR) is 123 cm³/mol. The molecule has 3 aromatic carbocycles. The van der Waals surface area contributed by atoms with Crippen molar-refractivity contribution in [2.75, 3.05) is 6.61 Å². The molecule has 236 valence electrons. The zero-order chi connectivity index (χ0) is 32.5. The molecule has 0 radical (unpaired) electrons. The summed E-state index contributed by atoms with van der Waals surface area (Å²) in [6.45, 7) is 0.623. The van der Waals surface area contributed by atoms with Crippen LogP contribution in [0.3, 0.4) is 0 Å². The van der Waals surface area contributed by atoms with Crippen molar-refractivity contribution in [1.82, 2.24) is 0 Å². The first-order chi connectivity index (χ1) is 20.1. The summed E-state index contributed by atoms with van der Waals surface area (Å²) in [4.78, 5) is 0. The van der Waals surface area contributed by atoms with Gasteiger partial charge in [0.25, 0.3) is 0 Å². The van der Waals surface area contributed by atoms with Gasteiger partial charge in [-0.3, -0.25) is 0 Å². The van der Waals surface area contributed by atoms with Gasteiger partial charge in [0.1, 0.15) is 34.9 Å². The monoisotopic (exact) mass is 680 g/mol. The first-order valence-electron chi connectivity index (χ1n) is 12.4. The van der Waals surface area contributed by atoms with Crippen molar-refractivity contribution < 1.29 is 99.2 Å². The molecule has 0 saturated carbocycles. The van der Waals surface area contributed by atoms with E-state index in [1.165, 1.54) is 0 Å². The van der Waals surface area contributed by atoms with E-state index < -0.39 is 127 Å². The molecule has 3 aromatic rings. The van der Waals surface area contributed by atoms with E-state index in [1.54, 1.807) is 0 Å². The maximum Gasteiger partial charge on any atom is 1.00 e. The van der Waals surface area contributed by atoms with E-state index in [4.69, 9.17) is 3.79 Å². The molecule has 0 saturated heterocycles. The second-order valence-electron chi connectivity index (χ2n) is 9.38. The van der Waals surface area contributed by atoms with E-state index in [9.17, 15) is 39.5 Å². The van der Waals surface area contributed by atoms with Gasteiger partial charge in [-0.1, -0.05) is 39.0 Å². The normalized spacial score (nSPS) is 11.7. The Hall–Kier alpha value is -1.90. The summed E-state index contributed by atoms with van der Waals surface area (Å²) in [5.74, 6) is -45.4. The minimum absolute atomic E-state index is 0. The van der Waals surface area contributed by atoms with Crippen LogP contribution in [0.15, 0.2) is 0 Å². The maximum absolute atomic E-state index is 15.3. The summed E-state index contributed by atoms with van der Waals surface area (Å²) in [5, 5.41) is 0. The Labute approximate surface area is 264 Å². The van der Waals surface area contributed by atoms with E-state index in [2.05, 4.69) is 0 Å². The van der Waals surface area contributed by atoms with Crippen LogP contribution in [0.2, 0.25) is 0 Å². The average molecular weight is 680 g/mol. The van der Waals surface area contributed by atoms with Crippen LogP contribution < -0.4 is 42.8 Å². The van der Waals surface area contributed by atoms with E-state index in [0.29, 0.717) is 19.3 Å². The van der Waals surface area contributed by atoms with Gasteiger partial charge in [0.2, 0.25) is 0 Å². The molecule has 0 unspecified atom stereocenters. The zero-order valence-corrected chi connectivity index (χ0v) is 25.8. The van der Waals surface area contributed by atoms with E-state index in [0.717, 1.165) is 6.42 Å². The van der Waals surface area contributed by atoms with Crippen LogP contribution >= 0.6 is 0 Å². The third-order valence-electron chi connectivity index (χ3n) is 6.82. The van der Waals surface area contributed by atoms with Crippen LogP contribution in [0.1, 0.15) is 45.4 Å². The number of hydrogen-bond acceptors (Lipinski definition) is 1. The second kappa shape index (κ2) is 15.1. The molecule has 0 amide bonds. The van der Waals surface area contributed by atoms with Gasteiger partial charge in [-0.15, -0.1) is 13.3 Å². The third-order valence-corrected chi connectivity index (χ3v) is 11.5. The van der Waals surface area contributed by atoms with Crippen molar-refractivity contribution in [3.63, 3.8) is 0 Å². The molecule has 0 aliphatic rings. The predicted octanol–water partition coefficient (Wildman–Crippen LogP) is 4.12. The van der Waals surface area contributed by atoms with Gasteiger partial charge in [0.15, 0.2) is 52.4 Å². The summed E-state index contributed by atoms with van der Waals surface area (Å²) in [6, 6.07) is 0. The third kappa shape index (κ3) is 6.37. The summed E-state index contributed by atoms with van der Waals surface area (Å²) >= 11 is -7.68. The zero-order valence-electron chi connectivity index (χ0n) is 22.6.